The lowest BCUT2D eigenvalue weighted by Crippen LogP contribution is -2.39. The van der Waals surface area contributed by atoms with Gasteiger partial charge >= 0.3 is 5.97 Å². The zero-order chi connectivity index (χ0) is 31.8. The Labute approximate surface area is 267 Å². The van der Waals surface area contributed by atoms with Crippen LogP contribution in [-0.4, -0.2) is 21.7 Å². The highest BCUT2D eigenvalue weighted by Crippen LogP contribution is 2.32. The molecule has 6 nitrogen and oxygen atoms in total. The first kappa shape index (κ1) is 30.3. The topological polar surface area (TPSA) is 65.6 Å². The number of esters is 1. The van der Waals surface area contributed by atoms with Gasteiger partial charge in [-0.2, -0.15) is 0 Å². The van der Waals surface area contributed by atoms with Gasteiger partial charge in [0.25, 0.3) is 5.56 Å². The van der Waals surface area contributed by atoms with Gasteiger partial charge in [-0.25, -0.2) is 9.79 Å². The van der Waals surface area contributed by atoms with E-state index in [1.807, 2.05) is 43.3 Å². The number of benzene rings is 3. The van der Waals surface area contributed by atoms with E-state index in [1.165, 1.54) is 22.5 Å². The summed E-state index contributed by atoms with van der Waals surface area (Å²) in [5, 5.41) is 0. The smallest absolute Gasteiger partial charge is 0.338 e. The van der Waals surface area contributed by atoms with E-state index in [9.17, 15) is 9.59 Å². The summed E-state index contributed by atoms with van der Waals surface area (Å²) in [6, 6.07) is 28.5. The minimum Gasteiger partial charge on any atom is -0.463 e. The van der Waals surface area contributed by atoms with Gasteiger partial charge in [-0.1, -0.05) is 91.9 Å². The summed E-state index contributed by atoms with van der Waals surface area (Å²) < 4.78 is 9.88. The van der Waals surface area contributed by atoms with E-state index in [2.05, 4.69) is 86.9 Å². The number of ether oxygens (including phenoxy) is 1. The molecule has 7 heteroatoms. The number of aromatic nitrogens is 2. The van der Waals surface area contributed by atoms with Crippen molar-refractivity contribution < 1.29 is 9.53 Å². The summed E-state index contributed by atoms with van der Waals surface area (Å²) in [5.74, 6) is -0.0866. The van der Waals surface area contributed by atoms with Gasteiger partial charge in [-0.15, -0.1) is 0 Å². The van der Waals surface area contributed by atoms with E-state index in [4.69, 9.17) is 9.73 Å². The molecule has 0 saturated heterocycles. The molecule has 0 fully saturated rings. The van der Waals surface area contributed by atoms with Crippen molar-refractivity contribution in [1.29, 1.82) is 0 Å². The number of carbonyl (C=O) groups excluding carboxylic acids is 1. The second-order valence-electron chi connectivity index (χ2n) is 11.7. The fourth-order valence-corrected chi connectivity index (χ4v) is 7.11. The molecule has 45 heavy (non-hydrogen) atoms. The maximum atomic E-state index is 14.2. The van der Waals surface area contributed by atoms with Gasteiger partial charge in [0.15, 0.2) is 4.80 Å². The molecule has 3 aromatic carbocycles. The minimum absolute atomic E-state index is 0.178. The average molecular weight is 616 g/mol. The Morgan fingerprint density at radius 2 is 1.62 bits per heavy atom. The highest BCUT2D eigenvalue weighted by molar-refractivity contribution is 7.07. The molecule has 0 N–H and O–H groups in total. The molecule has 1 aliphatic rings. The fourth-order valence-electron chi connectivity index (χ4n) is 6.08. The molecule has 2 aromatic heterocycles. The summed E-state index contributed by atoms with van der Waals surface area (Å²) in [6.45, 7) is 12.3. The molecule has 0 unspecified atom stereocenters. The minimum atomic E-state index is -0.626. The van der Waals surface area contributed by atoms with Crippen molar-refractivity contribution in [2.45, 2.75) is 53.5 Å². The molecule has 0 aliphatic carbocycles. The summed E-state index contributed by atoms with van der Waals surface area (Å²) >= 11 is 1.35. The van der Waals surface area contributed by atoms with Crippen LogP contribution in [0.4, 0.5) is 0 Å². The number of rotatable bonds is 7. The van der Waals surface area contributed by atoms with Crippen molar-refractivity contribution in [2.75, 3.05) is 6.61 Å². The molecule has 228 valence electrons. The van der Waals surface area contributed by atoms with Gasteiger partial charge in [-0.05, 0) is 85.7 Å². The third kappa shape index (κ3) is 5.64. The number of carbonyl (C=O) groups is 1. The van der Waals surface area contributed by atoms with Crippen molar-refractivity contribution in [3.8, 4) is 16.8 Å². The predicted molar refractivity (Wildman–Crippen MR) is 182 cm³/mol. The zero-order valence-corrected chi connectivity index (χ0v) is 27.3. The Kier molecular flexibility index (Phi) is 8.30. The second-order valence-corrected chi connectivity index (χ2v) is 12.7. The summed E-state index contributed by atoms with van der Waals surface area (Å²) in [5.41, 5.74) is 9.29. The van der Waals surface area contributed by atoms with Crippen LogP contribution in [0.2, 0.25) is 0 Å². The second kappa shape index (κ2) is 12.3. The number of nitrogens with zero attached hydrogens (tertiary/aromatic N) is 3. The number of hydrogen-bond acceptors (Lipinski definition) is 5. The van der Waals surface area contributed by atoms with E-state index in [-0.39, 0.29) is 12.2 Å². The lowest BCUT2D eigenvalue weighted by Gasteiger charge is -2.25. The molecule has 0 bridgehead atoms. The van der Waals surface area contributed by atoms with Crippen LogP contribution < -0.4 is 14.9 Å². The van der Waals surface area contributed by atoms with Crippen molar-refractivity contribution in [3.05, 3.63) is 144 Å². The fraction of sp³-hybridized carbons (Fsp3) is 0.237. The van der Waals surface area contributed by atoms with Gasteiger partial charge in [0.1, 0.15) is 0 Å². The monoisotopic (exact) mass is 615 g/mol. The third-order valence-electron chi connectivity index (χ3n) is 8.43. The van der Waals surface area contributed by atoms with Crippen LogP contribution in [0.5, 0.6) is 0 Å². The van der Waals surface area contributed by atoms with Gasteiger partial charge in [0.2, 0.25) is 0 Å². The molecule has 0 amide bonds. The Balaban J connectivity index is 1.44. The number of aryl methyl sites for hydroxylation is 1. The van der Waals surface area contributed by atoms with Crippen molar-refractivity contribution >= 4 is 23.4 Å². The molecule has 5 aromatic rings. The average Bonchev–Trinajstić information content (AvgIpc) is 3.50. The van der Waals surface area contributed by atoms with Gasteiger partial charge < -0.3 is 9.30 Å². The first-order valence-electron chi connectivity index (χ1n) is 15.3. The highest BCUT2D eigenvalue weighted by atomic mass is 32.1. The van der Waals surface area contributed by atoms with E-state index in [1.54, 1.807) is 11.5 Å². The molecule has 0 spiro atoms. The lowest BCUT2D eigenvalue weighted by molar-refractivity contribution is -0.139. The van der Waals surface area contributed by atoms with Gasteiger partial charge in [0.05, 0.1) is 28.5 Å². The van der Waals surface area contributed by atoms with Crippen molar-refractivity contribution in [1.82, 2.24) is 9.13 Å². The Hall–Kier alpha value is -4.75. The molecule has 0 radical (unpaired) electrons. The van der Waals surface area contributed by atoms with E-state index in [0.29, 0.717) is 26.5 Å². The lowest BCUT2D eigenvalue weighted by atomic mass is 9.93. The first-order chi connectivity index (χ1) is 21.7. The van der Waals surface area contributed by atoms with Crippen molar-refractivity contribution in [2.24, 2.45) is 4.99 Å². The van der Waals surface area contributed by atoms with Gasteiger partial charge in [0, 0.05) is 17.1 Å². The molecule has 1 aliphatic heterocycles. The molecule has 6 rings (SSSR count). The number of allylic oxidation sites excluding steroid dienone is 1. The molecule has 3 heterocycles. The maximum Gasteiger partial charge on any atom is 0.338 e. The van der Waals surface area contributed by atoms with Crippen LogP contribution in [0.1, 0.15) is 67.7 Å². The van der Waals surface area contributed by atoms with Crippen LogP contribution in [0, 0.1) is 13.8 Å². The van der Waals surface area contributed by atoms with Crippen molar-refractivity contribution in [3.63, 3.8) is 0 Å². The first-order valence-corrected chi connectivity index (χ1v) is 16.1. The highest BCUT2D eigenvalue weighted by Gasteiger charge is 2.33. The van der Waals surface area contributed by atoms with Crippen LogP contribution in [-0.2, 0) is 9.53 Å². The molecule has 0 saturated carbocycles. The van der Waals surface area contributed by atoms with Crippen LogP contribution in [0.25, 0.3) is 22.9 Å². The van der Waals surface area contributed by atoms with Crippen LogP contribution in [0.3, 0.4) is 0 Å². The summed E-state index contributed by atoms with van der Waals surface area (Å²) in [6.07, 6.45) is 1.95. The normalized spacial score (nSPS) is 14.9. The Morgan fingerprint density at radius 1 is 0.956 bits per heavy atom. The number of hydrogen-bond donors (Lipinski definition) is 0. The van der Waals surface area contributed by atoms with Crippen LogP contribution in [0.15, 0.2) is 106 Å². The SMILES string of the molecule is CCOC(=O)C1=C(C)N=c2s/c(=C\c3cc(C)n(-c4ccc(-c5ccccc5)cc4)c3C)c(=O)n2[C@H]1c1ccc(C(C)C)cc1. The number of thiazole rings is 1. The largest absolute Gasteiger partial charge is 0.463 e. The van der Waals surface area contributed by atoms with E-state index < -0.39 is 12.0 Å². The Bertz CT molecular complexity index is 2100. The number of fused-ring (bicyclic) bond motifs is 1. The van der Waals surface area contributed by atoms with Gasteiger partial charge in [-0.3, -0.25) is 9.36 Å². The quantitative estimate of drug-likeness (QED) is 0.185. The van der Waals surface area contributed by atoms with E-state index in [0.717, 1.165) is 33.8 Å². The summed E-state index contributed by atoms with van der Waals surface area (Å²) in [4.78, 5) is 32.7. The third-order valence-corrected chi connectivity index (χ3v) is 9.41. The zero-order valence-electron chi connectivity index (χ0n) is 26.5. The molecular weight excluding hydrogens is 579 g/mol. The summed E-state index contributed by atoms with van der Waals surface area (Å²) in [7, 11) is 0. The standard InChI is InChI=1S/C38H37N3O3S/c1-7-44-37(43)34-25(5)39-38-41(35(34)30-15-13-27(14-16-30)23(2)3)36(42)33(45-38)22-31-21-24(4)40(26(31)6)32-19-17-29(18-20-32)28-11-9-8-10-12-28/h8-23,35H,7H2,1-6H3/b33-22-/t35-/m0/s1. The Morgan fingerprint density at radius 3 is 2.27 bits per heavy atom. The van der Waals surface area contributed by atoms with E-state index >= 15 is 0 Å². The van der Waals surface area contributed by atoms with Crippen LogP contribution >= 0.6 is 11.3 Å². The molecular formula is C38H37N3O3S. The molecule has 1 atom stereocenters. The maximum absolute atomic E-state index is 14.2. The predicted octanol–water partition coefficient (Wildman–Crippen LogP) is 7.00.